The summed E-state index contributed by atoms with van der Waals surface area (Å²) < 4.78 is 13.4. The molecule has 0 unspecified atom stereocenters. The summed E-state index contributed by atoms with van der Waals surface area (Å²) in [6.07, 6.45) is 0.645. The van der Waals surface area contributed by atoms with Crippen molar-refractivity contribution in [3.63, 3.8) is 0 Å². The SMILES string of the molecule is CCN1CC[C@@](OCc2ccccc2)(c2ccc(Cl)cc2)[C@@H](OCc2ccc(Cl)c(Cl)c2)C1. The van der Waals surface area contributed by atoms with Gasteiger partial charge in [0.15, 0.2) is 0 Å². The molecule has 0 aromatic heterocycles. The Bertz CT molecular complexity index is 1040. The lowest BCUT2D eigenvalue weighted by Gasteiger charge is -2.47. The second-order valence-electron chi connectivity index (χ2n) is 8.36. The lowest BCUT2D eigenvalue weighted by atomic mass is 9.81. The molecule has 1 fully saturated rings. The quantitative estimate of drug-likeness (QED) is 0.320. The van der Waals surface area contributed by atoms with Gasteiger partial charge in [-0.25, -0.2) is 0 Å². The highest BCUT2D eigenvalue weighted by Gasteiger charge is 2.46. The minimum atomic E-state index is -0.595. The van der Waals surface area contributed by atoms with Gasteiger partial charge in [0.25, 0.3) is 0 Å². The molecule has 0 radical (unpaired) electrons. The van der Waals surface area contributed by atoms with Crippen LogP contribution in [-0.2, 0) is 28.3 Å². The van der Waals surface area contributed by atoms with Crippen LogP contribution < -0.4 is 0 Å². The van der Waals surface area contributed by atoms with Crippen molar-refractivity contribution in [1.29, 1.82) is 0 Å². The number of piperidine rings is 1. The Balaban J connectivity index is 1.65. The highest BCUT2D eigenvalue weighted by Crippen LogP contribution is 2.40. The standard InChI is InChI=1S/C27H28Cl3NO2/c1-2-31-15-14-27(22-9-11-23(28)12-10-22,33-19-20-6-4-3-5-7-20)26(17-31)32-18-21-8-13-24(29)25(30)16-21/h3-13,16,26H,2,14-15,17-19H2,1H3/t26-,27+/m0/s1. The molecule has 33 heavy (non-hydrogen) atoms. The molecule has 0 amide bonds. The molecule has 6 heteroatoms. The van der Waals surface area contributed by atoms with E-state index in [0.717, 1.165) is 42.7 Å². The average Bonchev–Trinajstić information content (AvgIpc) is 2.85. The smallest absolute Gasteiger partial charge is 0.122 e. The van der Waals surface area contributed by atoms with E-state index in [-0.39, 0.29) is 6.10 Å². The minimum Gasteiger partial charge on any atom is -0.369 e. The Labute approximate surface area is 211 Å². The predicted octanol–water partition coefficient (Wildman–Crippen LogP) is 7.37. The Morgan fingerprint density at radius 2 is 1.64 bits per heavy atom. The van der Waals surface area contributed by atoms with E-state index in [4.69, 9.17) is 44.3 Å². The van der Waals surface area contributed by atoms with E-state index in [0.29, 0.717) is 28.3 Å². The number of likely N-dealkylation sites (tertiary alicyclic amines) is 1. The second-order valence-corrected chi connectivity index (χ2v) is 9.61. The van der Waals surface area contributed by atoms with Gasteiger partial charge in [-0.3, -0.25) is 0 Å². The number of hydrogen-bond donors (Lipinski definition) is 0. The Hall–Kier alpha value is -1.59. The van der Waals surface area contributed by atoms with Crippen molar-refractivity contribution in [3.8, 4) is 0 Å². The van der Waals surface area contributed by atoms with Crippen LogP contribution in [0, 0.1) is 0 Å². The molecule has 1 aliphatic heterocycles. The monoisotopic (exact) mass is 503 g/mol. The summed E-state index contributed by atoms with van der Waals surface area (Å²) >= 11 is 18.5. The fourth-order valence-electron chi connectivity index (χ4n) is 4.36. The fraction of sp³-hybridized carbons (Fsp3) is 0.333. The number of hydrogen-bond acceptors (Lipinski definition) is 3. The van der Waals surface area contributed by atoms with Crippen LogP contribution in [0.15, 0.2) is 72.8 Å². The number of benzene rings is 3. The molecule has 0 aliphatic carbocycles. The summed E-state index contributed by atoms with van der Waals surface area (Å²) in [6, 6.07) is 23.8. The van der Waals surface area contributed by atoms with E-state index in [9.17, 15) is 0 Å². The van der Waals surface area contributed by atoms with E-state index in [1.165, 1.54) is 0 Å². The molecule has 3 aromatic carbocycles. The van der Waals surface area contributed by atoms with Gasteiger partial charge in [-0.2, -0.15) is 0 Å². The third kappa shape index (κ3) is 5.92. The van der Waals surface area contributed by atoms with E-state index in [2.05, 4.69) is 36.1 Å². The zero-order chi connectivity index (χ0) is 23.3. The van der Waals surface area contributed by atoms with Crippen molar-refractivity contribution < 1.29 is 9.47 Å². The summed E-state index contributed by atoms with van der Waals surface area (Å²) in [5.41, 5.74) is 2.60. The average molecular weight is 505 g/mol. The molecule has 4 rings (SSSR count). The first kappa shape index (κ1) is 24.5. The maximum atomic E-state index is 6.78. The zero-order valence-electron chi connectivity index (χ0n) is 18.6. The summed E-state index contributed by atoms with van der Waals surface area (Å²) in [4.78, 5) is 2.40. The number of likely N-dealkylation sites (N-methyl/N-ethyl adjacent to an activating group) is 1. The maximum Gasteiger partial charge on any atom is 0.122 e. The third-order valence-corrected chi connectivity index (χ3v) is 7.29. The fourth-order valence-corrected chi connectivity index (χ4v) is 4.80. The molecule has 2 atom stereocenters. The molecule has 0 spiro atoms. The second kappa shape index (κ2) is 11.2. The van der Waals surface area contributed by atoms with Crippen molar-refractivity contribution in [1.82, 2.24) is 4.90 Å². The van der Waals surface area contributed by atoms with Crippen LogP contribution in [-0.4, -0.2) is 30.6 Å². The molecule has 3 nitrogen and oxygen atoms in total. The number of halogens is 3. The summed E-state index contributed by atoms with van der Waals surface area (Å²) in [5, 5.41) is 1.77. The van der Waals surface area contributed by atoms with Crippen LogP contribution in [0.5, 0.6) is 0 Å². The topological polar surface area (TPSA) is 21.7 Å². The number of nitrogens with zero attached hydrogens (tertiary/aromatic N) is 1. The third-order valence-electron chi connectivity index (χ3n) is 6.30. The van der Waals surface area contributed by atoms with Gasteiger partial charge in [-0.15, -0.1) is 0 Å². The predicted molar refractivity (Wildman–Crippen MR) is 136 cm³/mol. The van der Waals surface area contributed by atoms with E-state index < -0.39 is 5.60 Å². The molecule has 3 aromatic rings. The van der Waals surface area contributed by atoms with Gasteiger partial charge in [0, 0.05) is 18.1 Å². The molecule has 1 aliphatic rings. The molecule has 1 heterocycles. The molecule has 1 saturated heterocycles. The summed E-state index contributed by atoms with van der Waals surface area (Å²) in [6.45, 7) is 5.76. The van der Waals surface area contributed by atoms with Crippen molar-refractivity contribution in [2.75, 3.05) is 19.6 Å². The molecule has 0 bridgehead atoms. The van der Waals surface area contributed by atoms with Crippen LogP contribution in [0.4, 0.5) is 0 Å². The molecule has 174 valence electrons. The minimum absolute atomic E-state index is 0.175. The Morgan fingerprint density at radius 1 is 0.879 bits per heavy atom. The molecule has 0 N–H and O–H groups in total. The molecule has 0 saturated carbocycles. The van der Waals surface area contributed by atoms with Crippen molar-refractivity contribution >= 4 is 34.8 Å². The zero-order valence-corrected chi connectivity index (χ0v) is 20.9. The summed E-state index contributed by atoms with van der Waals surface area (Å²) in [7, 11) is 0. The van der Waals surface area contributed by atoms with E-state index in [1.807, 2.05) is 42.5 Å². The van der Waals surface area contributed by atoms with Crippen molar-refractivity contribution in [2.45, 2.75) is 38.3 Å². The van der Waals surface area contributed by atoms with Gasteiger partial charge in [-0.1, -0.05) is 90.3 Å². The van der Waals surface area contributed by atoms with Gasteiger partial charge < -0.3 is 14.4 Å². The van der Waals surface area contributed by atoms with Crippen LogP contribution in [0.3, 0.4) is 0 Å². The first-order valence-corrected chi connectivity index (χ1v) is 12.4. The number of rotatable bonds is 8. The van der Waals surface area contributed by atoms with Crippen LogP contribution in [0.1, 0.15) is 30.0 Å². The summed E-state index contributed by atoms with van der Waals surface area (Å²) in [5.74, 6) is 0. The Kier molecular flexibility index (Phi) is 8.34. The lowest BCUT2D eigenvalue weighted by Crippen LogP contribution is -2.55. The molecular weight excluding hydrogens is 477 g/mol. The first-order valence-electron chi connectivity index (χ1n) is 11.2. The molecular formula is C27H28Cl3NO2. The maximum absolute atomic E-state index is 6.78. The number of ether oxygens (including phenoxy) is 2. The van der Waals surface area contributed by atoms with Gasteiger partial charge in [0.1, 0.15) is 11.7 Å². The van der Waals surface area contributed by atoms with Gasteiger partial charge >= 0.3 is 0 Å². The van der Waals surface area contributed by atoms with Crippen LogP contribution in [0.2, 0.25) is 15.1 Å². The normalized spacial score (nSPS) is 21.3. The van der Waals surface area contributed by atoms with E-state index >= 15 is 0 Å². The van der Waals surface area contributed by atoms with Gasteiger partial charge in [0.05, 0.1) is 23.3 Å². The van der Waals surface area contributed by atoms with Crippen molar-refractivity contribution in [2.24, 2.45) is 0 Å². The lowest BCUT2D eigenvalue weighted by molar-refractivity contribution is -0.193. The van der Waals surface area contributed by atoms with Crippen LogP contribution >= 0.6 is 34.8 Å². The first-order chi connectivity index (χ1) is 16.0. The van der Waals surface area contributed by atoms with Gasteiger partial charge in [-0.05, 0) is 53.9 Å². The highest BCUT2D eigenvalue weighted by molar-refractivity contribution is 6.42. The largest absolute Gasteiger partial charge is 0.369 e. The van der Waals surface area contributed by atoms with Gasteiger partial charge in [0.2, 0.25) is 0 Å². The van der Waals surface area contributed by atoms with Crippen molar-refractivity contribution in [3.05, 3.63) is 105 Å². The van der Waals surface area contributed by atoms with E-state index in [1.54, 1.807) is 6.07 Å². The van der Waals surface area contributed by atoms with Crippen LogP contribution in [0.25, 0.3) is 0 Å². The highest BCUT2D eigenvalue weighted by atomic mass is 35.5. The Morgan fingerprint density at radius 3 is 2.33 bits per heavy atom.